The molecule has 0 spiro atoms. The van der Waals surface area contributed by atoms with E-state index in [-0.39, 0.29) is 16.3 Å². The smallest absolute Gasteiger partial charge is 0.264 e. The summed E-state index contributed by atoms with van der Waals surface area (Å²) in [4.78, 5) is 12.5. The van der Waals surface area contributed by atoms with Crippen molar-refractivity contribution in [3.63, 3.8) is 0 Å². The lowest BCUT2D eigenvalue weighted by molar-refractivity contribution is 0.0911. The molecule has 1 amide bonds. The number of nitrogens with zero attached hydrogens (tertiary/aromatic N) is 1. The second kappa shape index (κ2) is 7.50. The van der Waals surface area contributed by atoms with Gasteiger partial charge in [0.05, 0.1) is 10.6 Å². The zero-order chi connectivity index (χ0) is 19.5. The van der Waals surface area contributed by atoms with Crippen LogP contribution in [0.25, 0.3) is 0 Å². The first-order valence-electron chi connectivity index (χ1n) is 8.55. The first-order chi connectivity index (χ1) is 12.1. The van der Waals surface area contributed by atoms with Gasteiger partial charge in [-0.15, -0.1) is 0 Å². The van der Waals surface area contributed by atoms with Crippen LogP contribution in [-0.4, -0.2) is 26.9 Å². The van der Waals surface area contributed by atoms with Crippen molar-refractivity contribution in [2.24, 2.45) is 0 Å². The van der Waals surface area contributed by atoms with E-state index in [1.165, 1.54) is 23.5 Å². The van der Waals surface area contributed by atoms with Crippen LogP contribution in [0.15, 0.2) is 53.4 Å². The molecule has 5 nitrogen and oxygen atoms in total. The second-order valence-electron chi connectivity index (χ2n) is 7.03. The monoisotopic (exact) mass is 374 g/mol. The first-order valence-corrected chi connectivity index (χ1v) is 9.99. The Kier molecular flexibility index (Phi) is 5.76. The second-order valence-corrected chi connectivity index (χ2v) is 9.00. The average Bonchev–Trinajstić information content (AvgIpc) is 2.61. The van der Waals surface area contributed by atoms with Crippen molar-refractivity contribution >= 4 is 21.6 Å². The molecular formula is C20H26N2O3S. The van der Waals surface area contributed by atoms with Crippen LogP contribution < -0.4 is 9.62 Å². The van der Waals surface area contributed by atoms with Crippen LogP contribution >= 0.6 is 0 Å². The summed E-state index contributed by atoms with van der Waals surface area (Å²) in [5.41, 5.74) is 1.59. The van der Waals surface area contributed by atoms with Crippen molar-refractivity contribution < 1.29 is 13.2 Å². The zero-order valence-corrected chi connectivity index (χ0v) is 16.7. The Bertz CT molecular complexity index is 888. The molecule has 0 fully saturated rings. The standard InChI is InChI=1S/C20H26N2O3S/c1-6-20(3,4)21-19(23)16-8-7-9-18(14-16)26(24,25)22(5)17-12-10-15(2)11-13-17/h7-14H,6H2,1-5H3,(H,21,23). The van der Waals surface area contributed by atoms with Crippen LogP contribution in [0.5, 0.6) is 0 Å². The molecule has 140 valence electrons. The van der Waals surface area contributed by atoms with Crippen molar-refractivity contribution in [3.8, 4) is 0 Å². The molecule has 6 heteroatoms. The summed E-state index contributed by atoms with van der Waals surface area (Å²) in [5, 5.41) is 2.92. The highest BCUT2D eigenvalue weighted by molar-refractivity contribution is 7.92. The number of hydrogen-bond donors (Lipinski definition) is 1. The number of nitrogens with one attached hydrogen (secondary N) is 1. The van der Waals surface area contributed by atoms with Crippen LogP contribution in [0.3, 0.4) is 0 Å². The maximum absolute atomic E-state index is 12.9. The molecule has 0 saturated carbocycles. The average molecular weight is 375 g/mol. The van der Waals surface area contributed by atoms with Gasteiger partial charge in [-0.3, -0.25) is 9.10 Å². The number of amides is 1. The number of benzene rings is 2. The molecule has 0 aliphatic heterocycles. The lowest BCUT2D eigenvalue weighted by atomic mass is 10.0. The topological polar surface area (TPSA) is 66.5 Å². The zero-order valence-electron chi connectivity index (χ0n) is 15.9. The number of rotatable bonds is 6. The third-order valence-corrected chi connectivity index (χ3v) is 6.27. The van der Waals surface area contributed by atoms with E-state index in [2.05, 4.69) is 5.32 Å². The normalized spacial score (nSPS) is 11.9. The molecule has 0 unspecified atom stereocenters. The molecular weight excluding hydrogens is 348 g/mol. The van der Waals surface area contributed by atoms with Crippen molar-refractivity contribution in [2.75, 3.05) is 11.4 Å². The third kappa shape index (κ3) is 4.43. The van der Waals surface area contributed by atoms with Gasteiger partial charge in [0.1, 0.15) is 0 Å². The Labute approximate surface area is 156 Å². The van der Waals surface area contributed by atoms with E-state index in [0.717, 1.165) is 12.0 Å². The molecule has 0 aliphatic rings. The molecule has 0 aliphatic carbocycles. The van der Waals surface area contributed by atoms with Gasteiger partial charge in [-0.25, -0.2) is 8.42 Å². The van der Waals surface area contributed by atoms with E-state index in [0.29, 0.717) is 11.3 Å². The predicted molar refractivity (Wildman–Crippen MR) is 105 cm³/mol. The summed E-state index contributed by atoms with van der Waals surface area (Å²) in [6, 6.07) is 13.4. The van der Waals surface area contributed by atoms with Crippen molar-refractivity contribution in [1.29, 1.82) is 0 Å². The summed E-state index contributed by atoms with van der Waals surface area (Å²) in [5.74, 6) is -0.285. The van der Waals surface area contributed by atoms with Gasteiger partial charge < -0.3 is 5.32 Å². The minimum absolute atomic E-state index is 0.0857. The highest BCUT2D eigenvalue weighted by Gasteiger charge is 2.24. The summed E-state index contributed by atoms with van der Waals surface area (Å²) < 4.78 is 27.1. The van der Waals surface area contributed by atoms with Crippen molar-refractivity contribution in [1.82, 2.24) is 5.32 Å². The molecule has 2 aromatic rings. The molecule has 0 heterocycles. The van der Waals surface area contributed by atoms with E-state index in [1.54, 1.807) is 24.3 Å². The van der Waals surface area contributed by atoms with E-state index in [9.17, 15) is 13.2 Å². The summed E-state index contributed by atoms with van der Waals surface area (Å²) in [6.07, 6.45) is 0.771. The van der Waals surface area contributed by atoms with Crippen LogP contribution in [0.4, 0.5) is 5.69 Å². The molecule has 0 bridgehead atoms. The van der Waals surface area contributed by atoms with Gasteiger partial charge in [-0.05, 0) is 57.5 Å². The number of carbonyl (C=O) groups excluding carboxylic acids is 1. The van der Waals surface area contributed by atoms with Gasteiger partial charge in [0.15, 0.2) is 0 Å². The van der Waals surface area contributed by atoms with Gasteiger partial charge in [-0.2, -0.15) is 0 Å². The minimum Gasteiger partial charge on any atom is -0.347 e. The van der Waals surface area contributed by atoms with Crippen LogP contribution in [0.2, 0.25) is 0 Å². The SMILES string of the molecule is CCC(C)(C)NC(=O)c1cccc(S(=O)(=O)N(C)c2ccc(C)cc2)c1. The number of sulfonamides is 1. The molecule has 1 N–H and O–H groups in total. The van der Waals surface area contributed by atoms with Gasteiger partial charge in [0, 0.05) is 18.2 Å². The lowest BCUT2D eigenvalue weighted by Gasteiger charge is -2.24. The Balaban J connectivity index is 2.33. The number of aryl methyl sites for hydroxylation is 1. The minimum atomic E-state index is -3.76. The molecule has 0 radical (unpaired) electrons. The Morgan fingerprint density at radius 2 is 1.73 bits per heavy atom. The first kappa shape index (κ1) is 20.0. The van der Waals surface area contributed by atoms with E-state index >= 15 is 0 Å². The molecule has 2 aromatic carbocycles. The fraction of sp³-hybridized carbons (Fsp3) is 0.350. The van der Waals surface area contributed by atoms with Gasteiger partial charge >= 0.3 is 0 Å². The van der Waals surface area contributed by atoms with Crippen LogP contribution in [0.1, 0.15) is 43.1 Å². The molecule has 0 aromatic heterocycles. The van der Waals surface area contributed by atoms with Gasteiger partial charge in [0.25, 0.3) is 15.9 Å². The highest BCUT2D eigenvalue weighted by Crippen LogP contribution is 2.23. The van der Waals surface area contributed by atoms with Crippen molar-refractivity contribution in [3.05, 3.63) is 59.7 Å². The number of anilines is 1. The highest BCUT2D eigenvalue weighted by atomic mass is 32.2. The maximum Gasteiger partial charge on any atom is 0.264 e. The fourth-order valence-electron chi connectivity index (χ4n) is 2.32. The molecule has 26 heavy (non-hydrogen) atoms. The van der Waals surface area contributed by atoms with Gasteiger partial charge in [-0.1, -0.05) is 30.7 Å². The Morgan fingerprint density at radius 3 is 2.31 bits per heavy atom. The molecule has 2 rings (SSSR count). The van der Waals surface area contributed by atoms with Crippen LogP contribution in [0, 0.1) is 6.92 Å². The predicted octanol–water partition coefficient (Wildman–Crippen LogP) is 3.74. The third-order valence-electron chi connectivity index (χ3n) is 4.49. The Hall–Kier alpha value is -2.34. The van der Waals surface area contributed by atoms with E-state index in [4.69, 9.17) is 0 Å². The van der Waals surface area contributed by atoms with Gasteiger partial charge in [0.2, 0.25) is 0 Å². The maximum atomic E-state index is 12.9. The quantitative estimate of drug-likeness (QED) is 0.838. The largest absolute Gasteiger partial charge is 0.347 e. The van der Waals surface area contributed by atoms with E-state index < -0.39 is 10.0 Å². The lowest BCUT2D eigenvalue weighted by Crippen LogP contribution is -2.42. The summed E-state index contributed by atoms with van der Waals surface area (Å²) in [7, 11) is -2.25. The molecule has 0 saturated heterocycles. The number of carbonyl (C=O) groups is 1. The van der Waals surface area contributed by atoms with Crippen LogP contribution in [-0.2, 0) is 10.0 Å². The summed E-state index contributed by atoms with van der Waals surface area (Å²) in [6.45, 7) is 7.78. The summed E-state index contributed by atoms with van der Waals surface area (Å²) >= 11 is 0. The fourth-order valence-corrected chi connectivity index (χ4v) is 3.56. The molecule has 0 atom stereocenters. The Morgan fingerprint density at radius 1 is 1.12 bits per heavy atom. The van der Waals surface area contributed by atoms with Crippen molar-refractivity contribution in [2.45, 2.75) is 44.6 Å². The number of hydrogen-bond acceptors (Lipinski definition) is 3. The van der Waals surface area contributed by atoms with E-state index in [1.807, 2.05) is 39.8 Å².